The molecule has 0 unspecified atom stereocenters. The fourth-order valence-electron chi connectivity index (χ4n) is 0.289. The lowest BCUT2D eigenvalue weighted by Gasteiger charge is -1.97. The van der Waals surface area contributed by atoms with Crippen LogP contribution < -0.4 is 0 Å². The van der Waals surface area contributed by atoms with Crippen molar-refractivity contribution in [3.63, 3.8) is 0 Å². The van der Waals surface area contributed by atoms with Crippen LogP contribution in [0.15, 0.2) is 10.3 Å². The van der Waals surface area contributed by atoms with Crippen molar-refractivity contribution < 1.29 is 9.53 Å². The second-order valence-corrected chi connectivity index (χ2v) is 2.30. The van der Waals surface area contributed by atoms with Gasteiger partial charge in [-0.3, -0.25) is 0 Å². The molecule has 0 aliphatic heterocycles. The van der Waals surface area contributed by atoms with E-state index in [0.29, 0.717) is 4.91 Å². The maximum Gasteiger partial charge on any atom is 0.344 e. The third-order valence-corrected chi connectivity index (χ3v) is 1.88. The van der Waals surface area contributed by atoms with Crippen LogP contribution in [0.4, 0.5) is 0 Å². The average molecular weight is 164 g/mol. The molecule has 0 heterocycles. The van der Waals surface area contributed by atoms with Crippen LogP contribution in [0.2, 0.25) is 0 Å². The van der Waals surface area contributed by atoms with Crippen molar-refractivity contribution in [2.45, 2.75) is 0 Å². The van der Waals surface area contributed by atoms with Crippen LogP contribution in [-0.2, 0) is 9.53 Å². The summed E-state index contributed by atoms with van der Waals surface area (Å²) in [6.45, 7) is 0. The standard InChI is InChI=1S/C5H8O2S2/c1-7-5(6)4(3-8)9-2/h3,8H,1-2H3/b4-3-. The predicted molar refractivity (Wildman–Crippen MR) is 42.6 cm³/mol. The Morgan fingerprint density at radius 1 is 1.78 bits per heavy atom. The van der Waals surface area contributed by atoms with Gasteiger partial charge in [-0.1, -0.05) is 0 Å². The van der Waals surface area contributed by atoms with Gasteiger partial charge in [0.1, 0.15) is 0 Å². The van der Waals surface area contributed by atoms with Crippen LogP contribution in [-0.4, -0.2) is 19.3 Å². The summed E-state index contributed by atoms with van der Waals surface area (Å²) in [5.41, 5.74) is 0. The predicted octanol–water partition coefficient (Wildman–Crippen LogP) is 1.29. The maximum atomic E-state index is 10.6. The Labute approximate surface area is 64.1 Å². The van der Waals surface area contributed by atoms with E-state index in [1.54, 1.807) is 6.26 Å². The Morgan fingerprint density at radius 2 is 2.33 bits per heavy atom. The highest BCUT2D eigenvalue weighted by Crippen LogP contribution is 2.13. The zero-order chi connectivity index (χ0) is 7.28. The molecule has 0 aromatic heterocycles. The van der Waals surface area contributed by atoms with Crippen LogP contribution in [0, 0.1) is 0 Å². The van der Waals surface area contributed by atoms with Crippen molar-refractivity contribution in [1.82, 2.24) is 0 Å². The van der Waals surface area contributed by atoms with E-state index in [1.165, 1.54) is 24.3 Å². The number of carbonyl (C=O) groups excluding carboxylic acids is 1. The minimum atomic E-state index is -0.336. The van der Waals surface area contributed by atoms with Gasteiger partial charge < -0.3 is 4.74 Å². The molecule has 0 saturated carbocycles. The molecule has 0 amide bonds. The van der Waals surface area contributed by atoms with Crippen LogP contribution >= 0.6 is 24.4 Å². The Hall–Kier alpha value is -0.0900. The van der Waals surface area contributed by atoms with E-state index in [9.17, 15) is 4.79 Å². The van der Waals surface area contributed by atoms with E-state index in [-0.39, 0.29) is 5.97 Å². The number of hydrogen-bond acceptors (Lipinski definition) is 4. The molecule has 0 rings (SSSR count). The number of hydrogen-bond donors (Lipinski definition) is 1. The smallest absolute Gasteiger partial charge is 0.344 e. The molecule has 0 aliphatic carbocycles. The molecule has 0 atom stereocenters. The summed E-state index contributed by atoms with van der Waals surface area (Å²) in [6, 6.07) is 0. The normalized spacial score (nSPS) is 11.2. The van der Waals surface area contributed by atoms with Crippen molar-refractivity contribution in [2.75, 3.05) is 13.4 Å². The quantitative estimate of drug-likeness (QED) is 0.378. The van der Waals surface area contributed by atoms with Crippen molar-refractivity contribution >= 4 is 30.4 Å². The van der Waals surface area contributed by atoms with Crippen molar-refractivity contribution in [3.05, 3.63) is 10.3 Å². The minimum Gasteiger partial charge on any atom is -0.465 e. The number of ether oxygens (including phenoxy) is 1. The lowest BCUT2D eigenvalue weighted by molar-refractivity contribution is -0.135. The molecule has 0 aliphatic rings. The summed E-state index contributed by atoms with van der Waals surface area (Å²) in [7, 11) is 1.34. The first kappa shape index (κ1) is 8.91. The first-order valence-corrected chi connectivity index (χ1v) is 3.97. The van der Waals surface area contributed by atoms with E-state index in [1.807, 2.05) is 0 Å². The second kappa shape index (κ2) is 4.76. The van der Waals surface area contributed by atoms with Crippen LogP contribution in [0.25, 0.3) is 0 Å². The molecule has 2 nitrogen and oxygen atoms in total. The Morgan fingerprint density at radius 3 is 2.44 bits per heavy atom. The third kappa shape index (κ3) is 2.81. The number of esters is 1. The van der Waals surface area contributed by atoms with E-state index < -0.39 is 0 Å². The van der Waals surface area contributed by atoms with E-state index >= 15 is 0 Å². The van der Waals surface area contributed by atoms with Gasteiger partial charge >= 0.3 is 5.97 Å². The minimum absolute atomic E-state index is 0.336. The van der Waals surface area contributed by atoms with Crippen molar-refractivity contribution in [3.8, 4) is 0 Å². The summed E-state index contributed by atoms with van der Waals surface area (Å²) >= 11 is 5.12. The average Bonchev–Trinajstić information content (AvgIpc) is 1.90. The topological polar surface area (TPSA) is 26.3 Å². The number of carbonyl (C=O) groups is 1. The molecule has 0 spiro atoms. The lowest BCUT2D eigenvalue weighted by atomic mass is 10.6. The molecular weight excluding hydrogens is 156 g/mol. The monoisotopic (exact) mass is 164 g/mol. The molecular formula is C5H8O2S2. The fourth-order valence-corrected chi connectivity index (χ4v) is 1.07. The van der Waals surface area contributed by atoms with Gasteiger partial charge in [-0.2, -0.15) is 0 Å². The molecule has 0 saturated heterocycles. The Balaban J connectivity index is 3.97. The van der Waals surface area contributed by atoms with Gasteiger partial charge in [-0.25, -0.2) is 4.79 Å². The van der Waals surface area contributed by atoms with Gasteiger partial charge in [0.25, 0.3) is 0 Å². The molecule has 0 radical (unpaired) electrons. The lowest BCUT2D eigenvalue weighted by Crippen LogP contribution is -2.00. The zero-order valence-electron chi connectivity index (χ0n) is 5.25. The molecule has 0 aromatic carbocycles. The highest BCUT2D eigenvalue weighted by Gasteiger charge is 2.04. The summed E-state index contributed by atoms with van der Waals surface area (Å²) < 4.78 is 4.42. The van der Waals surface area contributed by atoms with E-state index in [2.05, 4.69) is 17.4 Å². The second-order valence-electron chi connectivity index (χ2n) is 1.19. The SMILES string of the molecule is COC(=O)/C(=C/S)SC. The molecule has 0 bridgehead atoms. The first-order valence-electron chi connectivity index (χ1n) is 2.23. The third-order valence-electron chi connectivity index (χ3n) is 0.724. The molecule has 0 N–H and O–H groups in total. The van der Waals surface area contributed by atoms with Gasteiger partial charge in [0.15, 0.2) is 0 Å². The molecule has 4 heteroatoms. The fraction of sp³-hybridized carbons (Fsp3) is 0.400. The molecule has 9 heavy (non-hydrogen) atoms. The summed E-state index contributed by atoms with van der Waals surface area (Å²) in [5, 5.41) is 1.43. The summed E-state index contributed by atoms with van der Waals surface area (Å²) in [4.78, 5) is 11.1. The van der Waals surface area contributed by atoms with Gasteiger partial charge in [-0.15, -0.1) is 24.4 Å². The molecule has 0 aromatic rings. The Kier molecular flexibility index (Phi) is 4.71. The van der Waals surface area contributed by atoms with Crippen molar-refractivity contribution in [2.24, 2.45) is 0 Å². The zero-order valence-corrected chi connectivity index (χ0v) is 6.96. The van der Waals surface area contributed by atoms with Crippen LogP contribution in [0.5, 0.6) is 0 Å². The molecule has 0 fully saturated rings. The van der Waals surface area contributed by atoms with Gasteiger partial charge in [-0.05, 0) is 11.7 Å². The van der Waals surface area contributed by atoms with Crippen LogP contribution in [0.3, 0.4) is 0 Å². The van der Waals surface area contributed by atoms with Gasteiger partial charge in [0.2, 0.25) is 0 Å². The number of thiol groups is 1. The highest BCUT2D eigenvalue weighted by molar-refractivity contribution is 8.03. The Bertz CT molecular complexity index is 131. The van der Waals surface area contributed by atoms with E-state index in [0.717, 1.165) is 0 Å². The number of methoxy groups -OCH3 is 1. The maximum absolute atomic E-state index is 10.6. The molecule has 52 valence electrons. The summed E-state index contributed by atoms with van der Waals surface area (Å²) in [5.74, 6) is -0.336. The first-order chi connectivity index (χ1) is 4.26. The highest BCUT2D eigenvalue weighted by atomic mass is 32.2. The number of rotatable bonds is 2. The van der Waals surface area contributed by atoms with Gasteiger partial charge in [0.05, 0.1) is 12.0 Å². The number of thioether (sulfide) groups is 1. The largest absolute Gasteiger partial charge is 0.465 e. The van der Waals surface area contributed by atoms with E-state index in [4.69, 9.17) is 0 Å². The van der Waals surface area contributed by atoms with Gasteiger partial charge in [0, 0.05) is 0 Å². The van der Waals surface area contributed by atoms with Crippen molar-refractivity contribution in [1.29, 1.82) is 0 Å². The van der Waals surface area contributed by atoms with Crippen LogP contribution in [0.1, 0.15) is 0 Å². The summed E-state index contributed by atoms with van der Waals surface area (Å²) in [6.07, 6.45) is 1.79.